The molecule has 11 heteroatoms. The minimum atomic E-state index is -0.250. The Kier molecular flexibility index (Phi) is 13.3. The van der Waals surface area contributed by atoms with Crippen molar-refractivity contribution in [1.82, 2.24) is 20.2 Å². The number of carbonyl (C=O) groups is 1. The Bertz CT molecular complexity index is 886. The normalized spacial score (nSPS) is 9.72. The first-order chi connectivity index (χ1) is 13.4. The minimum Gasteiger partial charge on any atom is -0.483 e. The van der Waals surface area contributed by atoms with Crippen LogP contribution in [-0.4, -0.2) is 39.2 Å². The van der Waals surface area contributed by atoms with Crippen molar-refractivity contribution in [2.75, 3.05) is 7.05 Å². The zero-order chi connectivity index (χ0) is 20.9. The van der Waals surface area contributed by atoms with Gasteiger partial charge in [-0.05, 0) is 24.3 Å². The fourth-order valence-corrected chi connectivity index (χ4v) is 2.40. The SMILES string of the molecule is CNN=C(N)c1ccc(Br)cc1.Cl.Cn1cnc(-c2ccc(Br)cc2)n1.O=CO. The van der Waals surface area contributed by atoms with E-state index in [1.807, 2.05) is 55.6 Å². The quantitative estimate of drug-likeness (QED) is 0.199. The van der Waals surface area contributed by atoms with E-state index in [-0.39, 0.29) is 18.9 Å². The highest BCUT2D eigenvalue weighted by atomic mass is 79.9. The molecule has 29 heavy (non-hydrogen) atoms. The van der Waals surface area contributed by atoms with Crippen LogP contribution in [0.5, 0.6) is 0 Å². The summed E-state index contributed by atoms with van der Waals surface area (Å²) >= 11 is 6.71. The van der Waals surface area contributed by atoms with Gasteiger partial charge in [0.25, 0.3) is 6.47 Å². The van der Waals surface area contributed by atoms with Crippen molar-refractivity contribution in [3.63, 3.8) is 0 Å². The maximum absolute atomic E-state index is 8.36. The Morgan fingerprint density at radius 3 is 2.03 bits per heavy atom. The van der Waals surface area contributed by atoms with Gasteiger partial charge in [-0.2, -0.15) is 10.2 Å². The molecule has 0 radical (unpaired) electrons. The van der Waals surface area contributed by atoms with Gasteiger partial charge in [0.1, 0.15) is 6.33 Å². The van der Waals surface area contributed by atoms with Crippen LogP contribution < -0.4 is 11.2 Å². The van der Waals surface area contributed by atoms with Gasteiger partial charge >= 0.3 is 0 Å². The average molecular weight is 549 g/mol. The molecule has 3 aromatic rings. The van der Waals surface area contributed by atoms with Gasteiger partial charge in [-0.25, -0.2) is 4.98 Å². The fraction of sp³-hybridized carbons (Fsp3) is 0.111. The van der Waals surface area contributed by atoms with Crippen molar-refractivity contribution < 1.29 is 9.90 Å². The zero-order valence-electron chi connectivity index (χ0n) is 15.7. The van der Waals surface area contributed by atoms with Crippen molar-refractivity contribution in [3.05, 3.63) is 69.4 Å². The molecule has 0 spiro atoms. The Morgan fingerprint density at radius 1 is 1.14 bits per heavy atom. The molecule has 0 aliphatic rings. The van der Waals surface area contributed by atoms with Crippen molar-refractivity contribution in [3.8, 4) is 11.4 Å². The van der Waals surface area contributed by atoms with E-state index in [0.717, 1.165) is 25.9 Å². The number of rotatable bonds is 3. The summed E-state index contributed by atoms with van der Waals surface area (Å²) in [4.78, 5) is 12.5. The molecule has 0 aliphatic carbocycles. The second-order valence-corrected chi connectivity index (χ2v) is 6.91. The molecule has 0 saturated carbocycles. The van der Waals surface area contributed by atoms with E-state index >= 15 is 0 Å². The first-order valence-electron chi connectivity index (χ1n) is 7.86. The average Bonchev–Trinajstić information content (AvgIpc) is 3.11. The third-order valence-corrected chi connectivity index (χ3v) is 4.13. The van der Waals surface area contributed by atoms with Crippen LogP contribution in [0.15, 0.2) is 68.9 Å². The summed E-state index contributed by atoms with van der Waals surface area (Å²) in [5.74, 6) is 1.25. The highest BCUT2D eigenvalue weighted by Gasteiger charge is 2.01. The number of hydrogen-bond donors (Lipinski definition) is 3. The van der Waals surface area contributed by atoms with Gasteiger partial charge < -0.3 is 16.3 Å². The molecule has 0 aliphatic heterocycles. The molecule has 1 aromatic heterocycles. The molecule has 8 nitrogen and oxygen atoms in total. The van der Waals surface area contributed by atoms with Crippen LogP contribution in [0.4, 0.5) is 0 Å². The maximum atomic E-state index is 8.36. The van der Waals surface area contributed by atoms with Crippen LogP contribution in [0.25, 0.3) is 11.4 Å². The van der Waals surface area contributed by atoms with Gasteiger partial charge in [0.15, 0.2) is 11.7 Å². The van der Waals surface area contributed by atoms with Crippen LogP contribution >= 0.6 is 44.3 Å². The van der Waals surface area contributed by atoms with E-state index in [4.69, 9.17) is 15.6 Å². The smallest absolute Gasteiger partial charge is 0.290 e. The lowest BCUT2D eigenvalue weighted by Gasteiger charge is -1.99. The van der Waals surface area contributed by atoms with Crippen LogP contribution in [0.2, 0.25) is 0 Å². The molecule has 156 valence electrons. The summed E-state index contributed by atoms with van der Waals surface area (Å²) < 4.78 is 3.79. The molecular weight excluding hydrogens is 527 g/mol. The van der Waals surface area contributed by atoms with Crippen LogP contribution in [0, 0.1) is 0 Å². The van der Waals surface area contributed by atoms with Crippen LogP contribution in [0.3, 0.4) is 0 Å². The second-order valence-electron chi connectivity index (χ2n) is 5.08. The van der Waals surface area contributed by atoms with Gasteiger partial charge in [0.05, 0.1) is 0 Å². The molecule has 0 fully saturated rings. The second kappa shape index (κ2) is 14.6. The maximum Gasteiger partial charge on any atom is 0.290 e. The topological polar surface area (TPSA) is 118 Å². The van der Waals surface area contributed by atoms with Crippen molar-refractivity contribution in [2.45, 2.75) is 0 Å². The first-order valence-corrected chi connectivity index (χ1v) is 9.45. The molecule has 2 aromatic carbocycles. The van der Waals surface area contributed by atoms with E-state index in [2.05, 4.69) is 52.5 Å². The number of amidine groups is 1. The number of nitrogens with two attached hydrogens (primary N) is 1. The van der Waals surface area contributed by atoms with E-state index < -0.39 is 0 Å². The lowest BCUT2D eigenvalue weighted by molar-refractivity contribution is -0.122. The van der Waals surface area contributed by atoms with Gasteiger partial charge in [-0.3, -0.25) is 9.48 Å². The predicted molar refractivity (Wildman–Crippen MR) is 124 cm³/mol. The van der Waals surface area contributed by atoms with E-state index in [9.17, 15) is 0 Å². The van der Waals surface area contributed by atoms with Gasteiger partial charge in [0, 0.05) is 34.2 Å². The summed E-state index contributed by atoms with van der Waals surface area (Å²) in [6.07, 6.45) is 1.69. The predicted octanol–water partition coefficient (Wildman–Crippen LogP) is 3.66. The van der Waals surface area contributed by atoms with E-state index in [1.165, 1.54) is 0 Å². The molecule has 0 unspecified atom stereocenters. The molecule has 0 amide bonds. The number of carboxylic acid groups (broad SMARTS) is 1. The standard InChI is InChI=1S/C9H8BrN3.C8H10BrN3.CH2O2.ClH/c1-13-6-11-9(12-13)7-2-4-8(10)5-3-7;1-11-12-8(10)6-2-4-7(9)5-3-6;2-1-3;/h2-6H,1H3;2-5,11H,1H3,(H2,10,12);1H,(H,2,3);1H. The molecule has 0 atom stereocenters. The highest BCUT2D eigenvalue weighted by molar-refractivity contribution is 9.10. The summed E-state index contributed by atoms with van der Waals surface area (Å²) in [6, 6.07) is 15.6. The molecule has 1 heterocycles. The third-order valence-electron chi connectivity index (χ3n) is 3.07. The molecular formula is C18H21Br2ClN6O2. The molecule has 0 bridgehead atoms. The molecule has 0 saturated heterocycles. The molecule has 3 rings (SSSR count). The monoisotopic (exact) mass is 546 g/mol. The number of aryl methyl sites for hydroxylation is 1. The summed E-state index contributed by atoms with van der Waals surface area (Å²) in [7, 11) is 3.57. The van der Waals surface area contributed by atoms with Crippen molar-refractivity contribution >= 4 is 56.6 Å². The Balaban J connectivity index is 0.000000464. The number of hydrazone groups is 1. The number of nitrogens with one attached hydrogen (secondary N) is 1. The van der Waals surface area contributed by atoms with E-state index in [0.29, 0.717) is 5.84 Å². The summed E-state index contributed by atoms with van der Waals surface area (Å²) in [5, 5.41) is 14.9. The Hall–Kier alpha value is -2.43. The number of nitrogens with zero attached hydrogens (tertiary/aromatic N) is 4. The lowest BCUT2D eigenvalue weighted by atomic mass is 10.2. The molecule has 4 N–H and O–H groups in total. The third kappa shape index (κ3) is 10.1. The minimum absolute atomic E-state index is 0. The fourth-order valence-electron chi connectivity index (χ4n) is 1.88. The largest absolute Gasteiger partial charge is 0.483 e. The van der Waals surface area contributed by atoms with Gasteiger partial charge in [-0.1, -0.05) is 56.1 Å². The highest BCUT2D eigenvalue weighted by Crippen LogP contribution is 2.17. The summed E-state index contributed by atoms with van der Waals surface area (Å²) in [6.45, 7) is -0.250. The first kappa shape index (κ1) is 26.6. The van der Waals surface area contributed by atoms with Crippen LogP contribution in [-0.2, 0) is 11.8 Å². The van der Waals surface area contributed by atoms with E-state index in [1.54, 1.807) is 18.1 Å². The van der Waals surface area contributed by atoms with Gasteiger partial charge in [-0.15, -0.1) is 12.4 Å². The Morgan fingerprint density at radius 2 is 1.62 bits per heavy atom. The number of halogens is 3. The van der Waals surface area contributed by atoms with Crippen LogP contribution in [0.1, 0.15) is 5.56 Å². The van der Waals surface area contributed by atoms with Crippen molar-refractivity contribution in [2.24, 2.45) is 17.9 Å². The number of benzene rings is 2. The lowest BCUT2D eigenvalue weighted by Crippen LogP contribution is -2.16. The van der Waals surface area contributed by atoms with Crippen molar-refractivity contribution in [1.29, 1.82) is 0 Å². The number of hydrogen-bond acceptors (Lipinski definition) is 5. The zero-order valence-corrected chi connectivity index (χ0v) is 19.6. The van der Waals surface area contributed by atoms with Gasteiger partial charge in [0.2, 0.25) is 0 Å². The number of aromatic nitrogens is 3. The summed E-state index contributed by atoms with van der Waals surface area (Å²) in [5.41, 5.74) is 10.2. The Labute approximate surface area is 191 Å².